The van der Waals surface area contributed by atoms with Crippen molar-refractivity contribution in [2.75, 3.05) is 20.7 Å². The Kier molecular flexibility index (Phi) is 8.79. The molecule has 1 unspecified atom stereocenters. The second-order valence-electron chi connectivity index (χ2n) is 7.10. The fourth-order valence-corrected chi connectivity index (χ4v) is 4.55. The quantitative estimate of drug-likeness (QED) is 0.311. The maximum Gasteiger partial charge on any atom is 0.162 e. The average Bonchev–Trinajstić information content (AvgIpc) is 2.74. The molecule has 0 saturated carbocycles. The molecular formula is C24H25I2NO3. The lowest BCUT2D eigenvalue weighted by Crippen LogP contribution is -2.25. The summed E-state index contributed by atoms with van der Waals surface area (Å²) in [7, 11) is 3.65. The molecule has 0 spiro atoms. The highest BCUT2D eigenvalue weighted by molar-refractivity contribution is 14.1. The molecule has 6 heteroatoms. The zero-order valence-electron chi connectivity index (χ0n) is 17.0. The highest BCUT2D eigenvalue weighted by Gasteiger charge is 2.18. The summed E-state index contributed by atoms with van der Waals surface area (Å²) in [6.45, 7) is 1.74. The van der Waals surface area contributed by atoms with Crippen molar-refractivity contribution in [3.63, 3.8) is 0 Å². The average molecular weight is 629 g/mol. The molecule has 0 bridgehead atoms. The van der Waals surface area contributed by atoms with Crippen LogP contribution in [0.1, 0.15) is 22.8 Å². The molecular weight excluding hydrogens is 604 g/mol. The summed E-state index contributed by atoms with van der Waals surface area (Å²) in [6.07, 6.45) is -0.631. The molecule has 158 valence electrons. The maximum atomic E-state index is 10.9. The van der Waals surface area contributed by atoms with Crippen LogP contribution in [0.2, 0.25) is 0 Å². The van der Waals surface area contributed by atoms with E-state index >= 15 is 0 Å². The summed E-state index contributed by atoms with van der Waals surface area (Å²) in [5, 5.41) is 10.9. The van der Waals surface area contributed by atoms with Gasteiger partial charge < -0.3 is 14.6 Å². The lowest BCUT2D eigenvalue weighted by Gasteiger charge is -2.23. The van der Waals surface area contributed by atoms with E-state index in [4.69, 9.17) is 9.47 Å². The Morgan fingerprint density at radius 2 is 1.63 bits per heavy atom. The van der Waals surface area contributed by atoms with E-state index in [-0.39, 0.29) is 0 Å². The van der Waals surface area contributed by atoms with E-state index in [0.717, 1.165) is 21.2 Å². The minimum Gasteiger partial charge on any atom is -0.493 e. The van der Waals surface area contributed by atoms with Crippen molar-refractivity contribution < 1.29 is 14.6 Å². The number of halogens is 2. The van der Waals surface area contributed by atoms with E-state index in [0.29, 0.717) is 24.7 Å². The number of rotatable bonds is 9. The molecule has 0 aromatic heterocycles. The molecule has 0 fully saturated rings. The van der Waals surface area contributed by atoms with Crippen molar-refractivity contribution in [1.82, 2.24) is 4.90 Å². The van der Waals surface area contributed by atoms with Gasteiger partial charge in [-0.1, -0.05) is 48.5 Å². The van der Waals surface area contributed by atoms with Crippen LogP contribution in [0.15, 0.2) is 66.7 Å². The summed E-state index contributed by atoms with van der Waals surface area (Å²) in [5.41, 5.74) is 3.18. The number of methoxy groups -OCH3 is 1. The van der Waals surface area contributed by atoms with Crippen molar-refractivity contribution in [2.45, 2.75) is 19.3 Å². The molecule has 3 aromatic rings. The van der Waals surface area contributed by atoms with E-state index in [2.05, 4.69) is 62.2 Å². The Labute approximate surface area is 205 Å². The monoisotopic (exact) mass is 629 g/mol. The molecule has 30 heavy (non-hydrogen) atoms. The van der Waals surface area contributed by atoms with Crippen molar-refractivity contribution in [3.8, 4) is 11.5 Å². The van der Waals surface area contributed by atoms with Gasteiger partial charge in [0, 0.05) is 20.2 Å². The molecule has 3 rings (SSSR count). The van der Waals surface area contributed by atoms with Gasteiger partial charge in [-0.2, -0.15) is 0 Å². The Hall–Kier alpha value is -1.36. The van der Waals surface area contributed by atoms with Crippen LogP contribution in [0.5, 0.6) is 11.5 Å². The Morgan fingerprint density at radius 1 is 0.933 bits per heavy atom. The topological polar surface area (TPSA) is 41.9 Å². The van der Waals surface area contributed by atoms with Crippen LogP contribution in [0.4, 0.5) is 0 Å². The largest absolute Gasteiger partial charge is 0.493 e. The van der Waals surface area contributed by atoms with Crippen molar-refractivity contribution in [3.05, 3.63) is 90.6 Å². The lowest BCUT2D eigenvalue weighted by molar-refractivity contribution is 0.122. The smallest absolute Gasteiger partial charge is 0.162 e. The number of hydrogen-bond donors (Lipinski definition) is 1. The SMILES string of the molecule is COc1cc(I)c(C(O)CN(C)Cc2ccccc2I)cc1OCc1ccccc1. The highest BCUT2D eigenvalue weighted by Crippen LogP contribution is 2.35. The summed E-state index contributed by atoms with van der Waals surface area (Å²) >= 11 is 4.59. The van der Waals surface area contributed by atoms with Crippen LogP contribution in [0, 0.1) is 7.14 Å². The van der Waals surface area contributed by atoms with Gasteiger partial charge in [0.25, 0.3) is 0 Å². The number of hydrogen-bond acceptors (Lipinski definition) is 4. The van der Waals surface area contributed by atoms with E-state index in [9.17, 15) is 5.11 Å². The number of ether oxygens (including phenoxy) is 2. The molecule has 0 radical (unpaired) electrons. The van der Waals surface area contributed by atoms with Gasteiger partial charge in [-0.15, -0.1) is 0 Å². The standard InChI is InChI=1S/C24H25I2NO3/c1-27(14-18-10-6-7-11-20(18)25)15-22(28)19-12-24(23(29-2)13-21(19)26)30-16-17-8-4-3-5-9-17/h3-13,22,28H,14-16H2,1-2H3. The van der Waals surface area contributed by atoms with Crippen molar-refractivity contribution >= 4 is 45.2 Å². The summed E-state index contributed by atoms with van der Waals surface area (Å²) < 4.78 is 13.7. The first-order chi connectivity index (χ1) is 14.5. The molecule has 1 N–H and O–H groups in total. The zero-order chi connectivity index (χ0) is 21.5. The van der Waals surface area contributed by atoms with Crippen LogP contribution in [-0.2, 0) is 13.2 Å². The van der Waals surface area contributed by atoms with E-state index in [1.807, 2.05) is 61.6 Å². The number of nitrogens with zero attached hydrogens (tertiary/aromatic N) is 1. The van der Waals surface area contributed by atoms with Crippen LogP contribution in [0.25, 0.3) is 0 Å². The molecule has 0 amide bonds. The van der Waals surface area contributed by atoms with Crippen LogP contribution in [-0.4, -0.2) is 30.7 Å². The van der Waals surface area contributed by atoms with Gasteiger partial charge in [0.15, 0.2) is 11.5 Å². The van der Waals surface area contributed by atoms with Crippen LogP contribution < -0.4 is 9.47 Å². The fourth-order valence-electron chi connectivity index (χ4n) is 3.19. The fraction of sp³-hybridized carbons (Fsp3) is 0.250. The second kappa shape index (κ2) is 11.3. The molecule has 0 aliphatic rings. The molecule has 0 heterocycles. The minimum atomic E-state index is -0.631. The van der Waals surface area contributed by atoms with Crippen molar-refractivity contribution in [1.29, 1.82) is 0 Å². The molecule has 0 aliphatic carbocycles. The van der Waals surface area contributed by atoms with Gasteiger partial charge >= 0.3 is 0 Å². The number of benzene rings is 3. The first-order valence-electron chi connectivity index (χ1n) is 9.62. The molecule has 3 aromatic carbocycles. The maximum absolute atomic E-state index is 10.9. The summed E-state index contributed by atoms with van der Waals surface area (Å²) in [5.74, 6) is 1.30. The minimum absolute atomic E-state index is 0.444. The van der Waals surface area contributed by atoms with Gasteiger partial charge in [-0.05, 0) is 87.1 Å². The van der Waals surface area contributed by atoms with Crippen molar-refractivity contribution in [2.24, 2.45) is 0 Å². The number of aliphatic hydroxyl groups is 1. The molecule has 0 saturated heterocycles. The second-order valence-corrected chi connectivity index (χ2v) is 9.43. The molecule has 0 aliphatic heterocycles. The first-order valence-corrected chi connectivity index (χ1v) is 11.8. The third-order valence-electron chi connectivity index (χ3n) is 4.76. The Bertz CT molecular complexity index is 966. The van der Waals surface area contributed by atoms with E-state index < -0.39 is 6.10 Å². The highest BCUT2D eigenvalue weighted by atomic mass is 127. The predicted octanol–water partition coefficient (Wildman–Crippen LogP) is 5.65. The lowest BCUT2D eigenvalue weighted by atomic mass is 10.1. The Balaban J connectivity index is 1.72. The van der Waals surface area contributed by atoms with Gasteiger partial charge in [-0.3, -0.25) is 4.90 Å². The normalized spacial score (nSPS) is 12.1. The van der Waals surface area contributed by atoms with Gasteiger partial charge in [0.05, 0.1) is 13.2 Å². The first kappa shape index (κ1) is 23.3. The molecule has 4 nitrogen and oxygen atoms in total. The van der Waals surface area contributed by atoms with E-state index in [1.165, 1.54) is 9.13 Å². The van der Waals surface area contributed by atoms with Gasteiger partial charge in [0.1, 0.15) is 6.61 Å². The number of aliphatic hydroxyl groups excluding tert-OH is 1. The zero-order valence-corrected chi connectivity index (χ0v) is 21.3. The van der Waals surface area contributed by atoms with Crippen LogP contribution in [0.3, 0.4) is 0 Å². The third kappa shape index (κ3) is 6.32. The van der Waals surface area contributed by atoms with E-state index in [1.54, 1.807) is 7.11 Å². The third-order valence-corrected chi connectivity index (χ3v) is 6.75. The predicted molar refractivity (Wildman–Crippen MR) is 137 cm³/mol. The summed E-state index contributed by atoms with van der Waals surface area (Å²) in [6, 6.07) is 22.1. The molecule has 1 atom stereocenters. The van der Waals surface area contributed by atoms with Gasteiger partial charge in [-0.25, -0.2) is 0 Å². The Morgan fingerprint density at radius 3 is 2.33 bits per heavy atom. The summed E-state index contributed by atoms with van der Waals surface area (Å²) in [4.78, 5) is 2.13. The van der Waals surface area contributed by atoms with Crippen LogP contribution >= 0.6 is 45.2 Å². The number of likely N-dealkylation sites (N-methyl/N-ethyl adjacent to an activating group) is 1. The van der Waals surface area contributed by atoms with Gasteiger partial charge in [0.2, 0.25) is 0 Å².